The zero-order valence-corrected chi connectivity index (χ0v) is 12.5. The van der Waals surface area contributed by atoms with E-state index in [1.54, 1.807) is 11.3 Å². The summed E-state index contributed by atoms with van der Waals surface area (Å²) in [5.74, 6) is -0.261. The number of aromatic nitrogens is 1. The van der Waals surface area contributed by atoms with Crippen molar-refractivity contribution < 1.29 is 9.53 Å². The van der Waals surface area contributed by atoms with E-state index in [9.17, 15) is 4.79 Å². The van der Waals surface area contributed by atoms with Crippen LogP contribution in [0.2, 0.25) is 0 Å². The van der Waals surface area contributed by atoms with Gasteiger partial charge in [0, 0.05) is 11.4 Å². The van der Waals surface area contributed by atoms with E-state index in [1.165, 1.54) is 24.0 Å². The van der Waals surface area contributed by atoms with Crippen molar-refractivity contribution in [3.05, 3.63) is 33.5 Å². The van der Waals surface area contributed by atoms with E-state index in [-0.39, 0.29) is 12.4 Å². The van der Waals surface area contributed by atoms with Crippen LogP contribution in [0.25, 0.3) is 0 Å². The van der Waals surface area contributed by atoms with Gasteiger partial charge >= 0.3 is 5.97 Å². The topological polar surface area (TPSA) is 51.2 Å². The number of ether oxygens (including phenoxy) is 1. The second-order valence-corrected chi connectivity index (χ2v) is 5.92. The SMILES string of the molecule is COC(=O)Cc1csc(NC(C)Cc2ccsc2)n1. The highest BCUT2D eigenvalue weighted by Crippen LogP contribution is 2.18. The molecular formula is C13H16N2O2S2. The summed E-state index contributed by atoms with van der Waals surface area (Å²) >= 11 is 3.22. The lowest BCUT2D eigenvalue weighted by atomic mass is 10.1. The zero-order valence-electron chi connectivity index (χ0n) is 10.9. The average Bonchev–Trinajstić information content (AvgIpc) is 3.01. The molecule has 1 unspecified atom stereocenters. The summed E-state index contributed by atoms with van der Waals surface area (Å²) in [6, 6.07) is 2.44. The maximum absolute atomic E-state index is 11.1. The van der Waals surface area contributed by atoms with Gasteiger partial charge < -0.3 is 10.1 Å². The average molecular weight is 296 g/mol. The van der Waals surface area contributed by atoms with E-state index in [1.807, 2.05) is 5.38 Å². The van der Waals surface area contributed by atoms with E-state index in [0.717, 1.165) is 17.2 Å². The molecule has 0 saturated carbocycles. The Kier molecular flexibility index (Phi) is 4.93. The number of thiazole rings is 1. The molecule has 0 spiro atoms. The maximum atomic E-state index is 11.1. The predicted molar refractivity (Wildman–Crippen MR) is 78.9 cm³/mol. The number of hydrogen-bond acceptors (Lipinski definition) is 6. The van der Waals surface area contributed by atoms with E-state index >= 15 is 0 Å². The number of carbonyl (C=O) groups is 1. The lowest BCUT2D eigenvalue weighted by Gasteiger charge is -2.11. The summed E-state index contributed by atoms with van der Waals surface area (Å²) in [7, 11) is 1.39. The van der Waals surface area contributed by atoms with Crippen LogP contribution in [0.4, 0.5) is 5.13 Å². The number of anilines is 1. The van der Waals surface area contributed by atoms with Gasteiger partial charge in [-0.25, -0.2) is 4.98 Å². The van der Waals surface area contributed by atoms with Gasteiger partial charge in [0.15, 0.2) is 5.13 Å². The van der Waals surface area contributed by atoms with Gasteiger partial charge in [0.25, 0.3) is 0 Å². The molecule has 0 radical (unpaired) electrons. The Bertz CT molecular complexity index is 522. The minimum atomic E-state index is -0.261. The molecular weight excluding hydrogens is 280 g/mol. The van der Waals surface area contributed by atoms with Crippen LogP contribution in [-0.4, -0.2) is 24.1 Å². The van der Waals surface area contributed by atoms with Crippen molar-refractivity contribution in [1.29, 1.82) is 0 Å². The molecule has 2 rings (SSSR count). The van der Waals surface area contributed by atoms with Crippen LogP contribution in [0.15, 0.2) is 22.2 Å². The van der Waals surface area contributed by atoms with Crippen LogP contribution in [0.3, 0.4) is 0 Å². The third kappa shape index (κ3) is 4.33. The van der Waals surface area contributed by atoms with Gasteiger partial charge in [-0.3, -0.25) is 4.79 Å². The lowest BCUT2D eigenvalue weighted by molar-refractivity contribution is -0.139. The minimum absolute atomic E-state index is 0.230. The largest absolute Gasteiger partial charge is 0.469 e. The molecule has 1 atom stereocenters. The molecule has 0 aromatic carbocycles. The molecule has 0 fully saturated rings. The predicted octanol–water partition coefficient (Wildman–Crippen LogP) is 2.96. The number of nitrogens with one attached hydrogen (secondary N) is 1. The molecule has 19 heavy (non-hydrogen) atoms. The molecule has 0 aliphatic heterocycles. The molecule has 102 valence electrons. The number of methoxy groups -OCH3 is 1. The Balaban J connectivity index is 1.87. The Hall–Kier alpha value is -1.40. The van der Waals surface area contributed by atoms with Gasteiger partial charge in [-0.15, -0.1) is 11.3 Å². The first-order chi connectivity index (χ1) is 9.17. The van der Waals surface area contributed by atoms with Crippen molar-refractivity contribution in [3.8, 4) is 0 Å². The first kappa shape index (κ1) is 14.0. The monoisotopic (exact) mass is 296 g/mol. The van der Waals surface area contributed by atoms with Gasteiger partial charge in [-0.2, -0.15) is 11.3 Å². The fraction of sp³-hybridized carbons (Fsp3) is 0.385. The quantitative estimate of drug-likeness (QED) is 0.833. The fourth-order valence-corrected chi connectivity index (χ4v) is 3.20. The normalized spacial score (nSPS) is 12.1. The molecule has 2 heterocycles. The fourth-order valence-electron chi connectivity index (χ4n) is 1.70. The highest BCUT2D eigenvalue weighted by atomic mass is 32.1. The molecule has 0 amide bonds. The van der Waals surface area contributed by atoms with Gasteiger partial charge in [-0.05, 0) is 35.7 Å². The summed E-state index contributed by atoms with van der Waals surface area (Å²) in [4.78, 5) is 15.5. The molecule has 0 aliphatic rings. The van der Waals surface area contributed by atoms with Crippen molar-refractivity contribution in [3.63, 3.8) is 0 Å². The van der Waals surface area contributed by atoms with E-state index in [4.69, 9.17) is 0 Å². The Morgan fingerprint density at radius 3 is 3.05 bits per heavy atom. The highest BCUT2D eigenvalue weighted by molar-refractivity contribution is 7.13. The third-order valence-corrected chi connectivity index (χ3v) is 4.15. The molecule has 2 aromatic rings. The number of rotatable bonds is 6. The Morgan fingerprint density at radius 1 is 1.53 bits per heavy atom. The molecule has 2 aromatic heterocycles. The van der Waals surface area contributed by atoms with Gasteiger partial charge in [-0.1, -0.05) is 0 Å². The van der Waals surface area contributed by atoms with Gasteiger partial charge in [0.1, 0.15) is 0 Å². The number of nitrogens with zero attached hydrogens (tertiary/aromatic N) is 1. The second kappa shape index (κ2) is 6.68. The van der Waals surface area contributed by atoms with Crippen molar-refractivity contribution in [2.75, 3.05) is 12.4 Å². The highest BCUT2D eigenvalue weighted by Gasteiger charge is 2.10. The molecule has 6 heteroatoms. The van der Waals surface area contributed by atoms with Crippen LogP contribution in [0, 0.1) is 0 Å². The Morgan fingerprint density at radius 2 is 2.37 bits per heavy atom. The first-order valence-corrected chi connectivity index (χ1v) is 7.78. The number of esters is 1. The van der Waals surface area contributed by atoms with Gasteiger partial charge in [0.2, 0.25) is 0 Å². The van der Waals surface area contributed by atoms with Crippen LogP contribution in [-0.2, 0) is 22.4 Å². The minimum Gasteiger partial charge on any atom is -0.469 e. The van der Waals surface area contributed by atoms with Crippen LogP contribution < -0.4 is 5.32 Å². The van der Waals surface area contributed by atoms with E-state index in [0.29, 0.717) is 6.04 Å². The van der Waals surface area contributed by atoms with Crippen LogP contribution >= 0.6 is 22.7 Å². The molecule has 0 aliphatic carbocycles. The molecule has 1 N–H and O–H groups in total. The number of hydrogen-bond donors (Lipinski definition) is 1. The number of thiophene rings is 1. The lowest BCUT2D eigenvalue weighted by Crippen LogP contribution is -2.17. The molecule has 0 bridgehead atoms. The summed E-state index contributed by atoms with van der Waals surface area (Å²) < 4.78 is 4.62. The van der Waals surface area contributed by atoms with E-state index in [2.05, 4.69) is 38.8 Å². The molecule has 0 saturated heterocycles. The summed E-state index contributed by atoms with van der Waals surface area (Å²) in [6.07, 6.45) is 1.20. The molecule has 4 nitrogen and oxygen atoms in total. The summed E-state index contributed by atoms with van der Waals surface area (Å²) in [6.45, 7) is 2.12. The third-order valence-electron chi connectivity index (χ3n) is 2.60. The maximum Gasteiger partial charge on any atom is 0.311 e. The second-order valence-electron chi connectivity index (χ2n) is 4.28. The zero-order chi connectivity index (χ0) is 13.7. The Labute approximate surface area is 120 Å². The first-order valence-electron chi connectivity index (χ1n) is 5.96. The van der Waals surface area contributed by atoms with Crippen LogP contribution in [0.1, 0.15) is 18.2 Å². The summed E-state index contributed by atoms with van der Waals surface area (Å²) in [5, 5.41) is 10.3. The van der Waals surface area contributed by atoms with Gasteiger partial charge in [0.05, 0.1) is 19.2 Å². The van der Waals surface area contributed by atoms with Crippen molar-refractivity contribution >= 4 is 33.8 Å². The van der Waals surface area contributed by atoms with E-state index < -0.39 is 0 Å². The number of carbonyl (C=O) groups excluding carboxylic acids is 1. The van der Waals surface area contributed by atoms with Crippen molar-refractivity contribution in [1.82, 2.24) is 4.98 Å². The standard InChI is InChI=1S/C13H16N2O2S2/c1-9(5-10-3-4-18-7-10)14-13-15-11(8-19-13)6-12(16)17-2/h3-4,7-9H,5-6H2,1-2H3,(H,14,15). The van der Waals surface area contributed by atoms with Crippen molar-refractivity contribution in [2.45, 2.75) is 25.8 Å². The van der Waals surface area contributed by atoms with Crippen molar-refractivity contribution in [2.24, 2.45) is 0 Å². The van der Waals surface area contributed by atoms with Crippen LogP contribution in [0.5, 0.6) is 0 Å². The smallest absolute Gasteiger partial charge is 0.311 e. The summed E-state index contributed by atoms with van der Waals surface area (Å²) in [5.41, 5.74) is 2.08.